The molecule has 3 heterocycles. The summed E-state index contributed by atoms with van der Waals surface area (Å²) in [4.78, 5) is 12.5. The molecular weight excluding hydrogens is 549 g/mol. The van der Waals surface area contributed by atoms with Gasteiger partial charge < -0.3 is 24.1 Å². The largest absolute Gasteiger partial charge is 0.464 e. The van der Waals surface area contributed by atoms with Gasteiger partial charge in [-0.05, 0) is 36.3 Å². The van der Waals surface area contributed by atoms with Gasteiger partial charge in [0.1, 0.15) is 12.2 Å². The topological polar surface area (TPSA) is 154 Å². The smallest absolute Gasteiger partial charge is 0.358 e. The summed E-state index contributed by atoms with van der Waals surface area (Å²) in [7, 11) is -7.84. The summed E-state index contributed by atoms with van der Waals surface area (Å²) < 4.78 is 57.3. The summed E-state index contributed by atoms with van der Waals surface area (Å²) in [5, 5.41) is 8.47. The lowest BCUT2D eigenvalue weighted by Gasteiger charge is -2.43. The number of carbonyl (C=O) groups is 1. The van der Waals surface area contributed by atoms with Crippen molar-refractivity contribution in [3.63, 3.8) is 0 Å². The highest BCUT2D eigenvalue weighted by molar-refractivity contribution is 7.90. The lowest BCUT2D eigenvalue weighted by molar-refractivity contribution is -0.0605. The minimum atomic E-state index is -4.16. The summed E-state index contributed by atoms with van der Waals surface area (Å²) >= 11 is 0. The number of hydrogen-bond acceptors (Lipinski definition) is 11. The van der Waals surface area contributed by atoms with Gasteiger partial charge in [0.25, 0.3) is 10.1 Å². The molecule has 15 heteroatoms. The van der Waals surface area contributed by atoms with Gasteiger partial charge in [-0.25, -0.2) is 13.7 Å². The maximum Gasteiger partial charge on any atom is 0.358 e. The Morgan fingerprint density at radius 2 is 1.71 bits per heavy atom. The number of hydrogen-bond donors (Lipinski definition) is 1. The van der Waals surface area contributed by atoms with E-state index in [9.17, 15) is 13.2 Å². The van der Waals surface area contributed by atoms with Crippen molar-refractivity contribution >= 4 is 32.7 Å². The molecule has 1 saturated heterocycles. The molecule has 4 atom stereocenters. The Bertz CT molecular complexity index is 1200. The van der Waals surface area contributed by atoms with Crippen LogP contribution in [-0.4, -0.2) is 77.5 Å². The van der Waals surface area contributed by atoms with Crippen molar-refractivity contribution in [2.24, 2.45) is 5.73 Å². The fourth-order valence-corrected chi connectivity index (χ4v) is 7.38. The van der Waals surface area contributed by atoms with Crippen LogP contribution in [0.4, 0.5) is 0 Å². The molecule has 2 aliphatic heterocycles. The number of nitrogens with two attached hydrogens (primary N) is 1. The highest BCUT2D eigenvalue weighted by atomic mass is 32.2. The van der Waals surface area contributed by atoms with Gasteiger partial charge in [0, 0.05) is 0 Å². The van der Waals surface area contributed by atoms with Crippen LogP contribution in [0.5, 0.6) is 0 Å². The maximum absolute atomic E-state index is 12.8. The summed E-state index contributed by atoms with van der Waals surface area (Å²) in [6, 6.07) is 0. The number of methoxy groups -OCH3 is 1. The second kappa shape index (κ2) is 9.78. The SMILES string of the molecule is COC(=O)c1cnnn1[C@@H]1OC(CO[Si](C)(C)C(C)(C)C)C2(OS(=O)(=O)C=C2N)[C@H]1O[Si](C)(C)C(C)(C)C. The van der Waals surface area contributed by atoms with E-state index >= 15 is 0 Å². The molecule has 2 aliphatic rings. The third-order valence-electron chi connectivity index (χ3n) is 8.28. The van der Waals surface area contributed by atoms with Crippen molar-refractivity contribution in [1.29, 1.82) is 0 Å². The number of esters is 1. The minimum Gasteiger partial charge on any atom is -0.464 e. The number of aromatic nitrogens is 3. The van der Waals surface area contributed by atoms with Crippen LogP contribution in [0, 0.1) is 0 Å². The van der Waals surface area contributed by atoms with Crippen LogP contribution >= 0.6 is 0 Å². The molecule has 0 amide bonds. The molecule has 12 nitrogen and oxygen atoms in total. The lowest BCUT2D eigenvalue weighted by Crippen LogP contribution is -2.59. The predicted octanol–water partition coefficient (Wildman–Crippen LogP) is 3.27. The molecular formula is C23H42N4O8SSi2. The summed E-state index contributed by atoms with van der Waals surface area (Å²) in [5.74, 6) is -0.692. The van der Waals surface area contributed by atoms with Gasteiger partial charge in [-0.3, -0.25) is 0 Å². The Kier molecular flexibility index (Phi) is 7.95. The van der Waals surface area contributed by atoms with E-state index < -0.39 is 56.8 Å². The quantitative estimate of drug-likeness (QED) is 0.283. The monoisotopic (exact) mass is 590 g/mol. The Morgan fingerprint density at radius 1 is 1.13 bits per heavy atom. The molecule has 2 N–H and O–H groups in total. The Balaban J connectivity index is 2.20. The van der Waals surface area contributed by atoms with E-state index in [0.717, 1.165) is 5.41 Å². The normalized spacial score (nSPS) is 28.1. The minimum absolute atomic E-state index is 0.00542. The van der Waals surface area contributed by atoms with Crippen molar-refractivity contribution in [3.8, 4) is 0 Å². The first-order valence-electron chi connectivity index (χ1n) is 12.5. The van der Waals surface area contributed by atoms with Crippen LogP contribution in [0.25, 0.3) is 0 Å². The average Bonchev–Trinajstić information content (AvgIpc) is 3.40. The zero-order valence-electron chi connectivity index (χ0n) is 24.2. The van der Waals surface area contributed by atoms with Gasteiger partial charge >= 0.3 is 5.97 Å². The summed E-state index contributed by atoms with van der Waals surface area (Å²) in [5.41, 5.74) is 4.65. The van der Waals surface area contributed by atoms with Crippen molar-refractivity contribution in [1.82, 2.24) is 15.0 Å². The first kappa shape index (κ1) is 30.9. The van der Waals surface area contributed by atoms with Crippen LogP contribution in [-0.2, 0) is 32.6 Å². The molecule has 0 bridgehead atoms. The van der Waals surface area contributed by atoms with Crippen LogP contribution < -0.4 is 5.73 Å². The first-order valence-corrected chi connectivity index (χ1v) is 19.8. The predicted molar refractivity (Wildman–Crippen MR) is 145 cm³/mol. The molecule has 216 valence electrons. The highest BCUT2D eigenvalue weighted by Crippen LogP contribution is 2.52. The van der Waals surface area contributed by atoms with E-state index in [0.29, 0.717) is 0 Å². The lowest BCUT2D eigenvalue weighted by atomic mass is 9.89. The van der Waals surface area contributed by atoms with E-state index in [1.807, 2.05) is 13.1 Å². The Morgan fingerprint density at radius 3 is 2.18 bits per heavy atom. The van der Waals surface area contributed by atoms with Gasteiger partial charge in [-0.2, -0.15) is 8.42 Å². The van der Waals surface area contributed by atoms with Gasteiger partial charge in [0.2, 0.25) is 0 Å². The van der Waals surface area contributed by atoms with Crippen molar-refractivity contribution in [2.75, 3.05) is 13.7 Å². The van der Waals surface area contributed by atoms with Crippen molar-refractivity contribution < 1.29 is 35.7 Å². The first-order chi connectivity index (χ1) is 17.1. The molecule has 0 aliphatic carbocycles. The second-order valence-corrected chi connectivity index (χ2v) is 23.8. The fourth-order valence-electron chi connectivity index (χ4n) is 3.87. The summed E-state index contributed by atoms with van der Waals surface area (Å²) in [6.45, 7) is 20.6. The van der Waals surface area contributed by atoms with Crippen LogP contribution in [0.15, 0.2) is 17.3 Å². The third kappa shape index (κ3) is 5.38. The molecule has 1 aromatic rings. The maximum atomic E-state index is 12.8. The molecule has 0 saturated carbocycles. The standard InChI is InChI=1S/C23H42N4O8SSi2/c1-21(2,3)37(8,9)32-13-17-23(16(24)14-36(29,30)35-23)18(34-38(10,11)22(4,5)6)19(33-17)27-15(12-25-26-27)20(28)31-7/h12,14,17-19H,13,24H2,1-11H3/t17?,18-,19+,23?/m0/s1. The Hall–Kier alpha value is -1.63. The molecule has 1 aromatic heterocycles. The Labute approximate surface area is 227 Å². The highest BCUT2D eigenvalue weighted by Gasteiger charge is 2.67. The van der Waals surface area contributed by atoms with Gasteiger partial charge in [-0.1, -0.05) is 46.8 Å². The van der Waals surface area contributed by atoms with E-state index in [2.05, 4.69) is 64.9 Å². The average molecular weight is 591 g/mol. The van der Waals surface area contributed by atoms with Crippen LogP contribution in [0.3, 0.4) is 0 Å². The molecule has 3 rings (SSSR count). The van der Waals surface area contributed by atoms with E-state index in [1.54, 1.807) is 0 Å². The molecule has 38 heavy (non-hydrogen) atoms. The number of carbonyl (C=O) groups excluding carboxylic acids is 1. The number of rotatable bonds is 7. The van der Waals surface area contributed by atoms with Crippen LogP contribution in [0.1, 0.15) is 58.3 Å². The molecule has 2 unspecified atom stereocenters. The molecule has 0 radical (unpaired) electrons. The number of ether oxygens (including phenoxy) is 2. The molecule has 1 fully saturated rings. The zero-order chi connectivity index (χ0) is 29.1. The van der Waals surface area contributed by atoms with E-state index in [1.165, 1.54) is 18.0 Å². The number of nitrogens with zero attached hydrogens (tertiary/aromatic N) is 3. The van der Waals surface area contributed by atoms with Crippen LogP contribution in [0.2, 0.25) is 36.3 Å². The zero-order valence-corrected chi connectivity index (χ0v) is 27.0. The fraction of sp³-hybridized carbons (Fsp3) is 0.783. The molecule has 0 aromatic carbocycles. The molecule has 1 spiro atoms. The van der Waals surface area contributed by atoms with Gasteiger partial charge in [0.15, 0.2) is 34.2 Å². The van der Waals surface area contributed by atoms with Crippen molar-refractivity contribution in [2.45, 2.75) is 102 Å². The van der Waals surface area contributed by atoms with Crippen molar-refractivity contribution in [3.05, 3.63) is 23.0 Å². The second-order valence-electron chi connectivity index (χ2n) is 12.9. The van der Waals surface area contributed by atoms with E-state index in [-0.39, 0.29) is 28.1 Å². The summed E-state index contributed by atoms with van der Waals surface area (Å²) in [6.07, 6.45) is -1.97. The van der Waals surface area contributed by atoms with E-state index in [4.69, 9.17) is 28.2 Å². The van der Waals surface area contributed by atoms with Gasteiger partial charge in [0.05, 0.1) is 31.0 Å². The third-order valence-corrected chi connectivity index (χ3v) is 18.3. The van der Waals surface area contributed by atoms with Gasteiger partial charge in [-0.15, -0.1) is 5.10 Å².